The van der Waals surface area contributed by atoms with Gasteiger partial charge in [-0.15, -0.1) is 0 Å². The van der Waals surface area contributed by atoms with Crippen molar-refractivity contribution in [3.63, 3.8) is 0 Å². The van der Waals surface area contributed by atoms with Crippen LogP contribution >= 0.6 is 33.4 Å². The topological polar surface area (TPSA) is 125 Å². The van der Waals surface area contributed by atoms with Crippen LogP contribution in [-0.2, 0) is 16.8 Å². The molecule has 0 aliphatic heterocycles. The van der Waals surface area contributed by atoms with Crippen molar-refractivity contribution in [3.05, 3.63) is 68.8 Å². The fourth-order valence-electron chi connectivity index (χ4n) is 4.12. The van der Waals surface area contributed by atoms with E-state index in [1.54, 1.807) is 6.07 Å². The lowest BCUT2D eigenvalue weighted by molar-refractivity contribution is -0.120. The second-order valence-corrected chi connectivity index (χ2v) is 12.0. The van der Waals surface area contributed by atoms with Crippen LogP contribution in [0.15, 0.2) is 35.2 Å². The minimum Gasteiger partial charge on any atom is -0.465 e. The highest BCUT2D eigenvalue weighted by molar-refractivity contribution is 8.45. The number of carboxylic acid groups (broad SMARTS) is 1. The van der Waals surface area contributed by atoms with Gasteiger partial charge in [0.2, 0.25) is 5.91 Å². The van der Waals surface area contributed by atoms with E-state index >= 15 is 0 Å². The Hall–Kier alpha value is -3.68. The van der Waals surface area contributed by atoms with Crippen molar-refractivity contribution in [2.75, 3.05) is 4.90 Å². The summed E-state index contributed by atoms with van der Waals surface area (Å²) >= 11 is 11.9. The number of nitriles is 1. The maximum Gasteiger partial charge on any atom is 0.413 e. The number of aromatic nitrogens is 2. The molecule has 0 bridgehead atoms. The van der Waals surface area contributed by atoms with Crippen LogP contribution in [0.25, 0.3) is 5.69 Å². The number of amides is 2. The second kappa shape index (κ2) is 8.66. The molecule has 1 heterocycles. The predicted molar refractivity (Wildman–Crippen MR) is 130 cm³/mol. The lowest BCUT2D eigenvalue weighted by atomic mass is 9.94. The minimum atomic E-state index is -10.3. The molecule has 0 spiro atoms. The highest BCUT2D eigenvalue weighted by Crippen LogP contribution is 3.02. The Bertz CT molecular complexity index is 1610. The van der Waals surface area contributed by atoms with Crippen LogP contribution in [0, 0.1) is 23.0 Å². The Morgan fingerprint density at radius 3 is 2.05 bits per heavy atom. The first-order valence-corrected chi connectivity index (χ1v) is 13.4. The van der Waals surface area contributed by atoms with Gasteiger partial charge in [-0.1, -0.05) is 48.7 Å². The third-order valence-corrected chi connectivity index (χ3v) is 7.88. The summed E-state index contributed by atoms with van der Waals surface area (Å²) in [5, 5.41) is 21.5. The largest absolute Gasteiger partial charge is 0.465 e. The van der Waals surface area contributed by atoms with E-state index < -0.39 is 89.1 Å². The molecule has 0 radical (unpaired) electrons. The van der Waals surface area contributed by atoms with E-state index in [0.29, 0.717) is 4.68 Å². The molecule has 1 fully saturated rings. The smallest absolute Gasteiger partial charge is 0.413 e. The number of hydrogen-bond acceptors (Lipinski definition) is 4. The number of anilines is 1. The summed E-state index contributed by atoms with van der Waals surface area (Å²) < 4.78 is 96.7. The zero-order valence-corrected chi connectivity index (χ0v) is 21.8. The molecule has 0 atom stereocenters. The van der Waals surface area contributed by atoms with E-state index in [1.165, 1.54) is 0 Å². The monoisotopic (exact) mass is 631 g/mol. The molecule has 1 aromatic heterocycles. The van der Waals surface area contributed by atoms with Crippen LogP contribution in [0.4, 0.5) is 38.8 Å². The van der Waals surface area contributed by atoms with Crippen LogP contribution in [0.2, 0.25) is 10.0 Å². The maximum atomic E-state index is 14.5. The molecule has 3 aromatic rings. The summed E-state index contributed by atoms with van der Waals surface area (Å²) in [5.41, 5.74) is 1.12. The zero-order valence-electron chi connectivity index (χ0n) is 19.4. The summed E-state index contributed by atoms with van der Waals surface area (Å²) in [6.07, 6.45) is -1.98. The van der Waals surface area contributed by atoms with Gasteiger partial charge in [0.1, 0.15) is 34.1 Å². The fraction of sp³-hybridized carbons (Fsp3) is 0.182. The van der Waals surface area contributed by atoms with Gasteiger partial charge in [0.25, 0.3) is 0 Å². The third kappa shape index (κ3) is 5.00. The SMILES string of the molecule is N#Cc1nn(-c2c(Cl)cc(S(F)(F)(F)(F)F)cc2Cl)c(N(Cc2c(F)cccc2F)C(=O)O)c1C1(C(N)=O)CC1. The van der Waals surface area contributed by atoms with E-state index in [0.717, 1.165) is 18.2 Å². The lowest BCUT2D eigenvalue weighted by Crippen LogP contribution is -2.36. The molecule has 2 aromatic carbocycles. The molecule has 2 amide bonds. The fourth-order valence-corrected chi connectivity index (χ4v) is 5.58. The van der Waals surface area contributed by atoms with E-state index in [9.17, 15) is 48.2 Å². The third-order valence-electron chi connectivity index (χ3n) is 6.18. The lowest BCUT2D eigenvalue weighted by Gasteiger charge is -2.40. The highest BCUT2D eigenvalue weighted by Gasteiger charge is 2.66. The van der Waals surface area contributed by atoms with E-state index in [4.69, 9.17) is 28.9 Å². The van der Waals surface area contributed by atoms with Crippen molar-refractivity contribution in [2.45, 2.75) is 29.7 Å². The van der Waals surface area contributed by atoms with Crippen molar-refractivity contribution in [2.24, 2.45) is 5.73 Å². The molecule has 4 rings (SSSR count). The van der Waals surface area contributed by atoms with Crippen molar-refractivity contribution in [3.8, 4) is 11.8 Å². The molecule has 8 nitrogen and oxygen atoms in total. The first-order chi connectivity index (χ1) is 18.2. The first-order valence-electron chi connectivity index (χ1n) is 10.7. The van der Waals surface area contributed by atoms with Gasteiger partial charge >= 0.3 is 16.3 Å². The van der Waals surface area contributed by atoms with Gasteiger partial charge < -0.3 is 10.8 Å². The molecule has 0 unspecified atom stereocenters. The molecular weight excluding hydrogens is 618 g/mol. The Morgan fingerprint density at radius 2 is 1.65 bits per heavy atom. The molecule has 18 heteroatoms. The summed E-state index contributed by atoms with van der Waals surface area (Å²) in [6.45, 7) is -1.11. The predicted octanol–water partition coefficient (Wildman–Crippen LogP) is 7.19. The quantitative estimate of drug-likeness (QED) is 0.267. The van der Waals surface area contributed by atoms with E-state index in [1.807, 2.05) is 0 Å². The van der Waals surface area contributed by atoms with Gasteiger partial charge in [-0.2, -0.15) is 10.4 Å². The summed E-state index contributed by atoms with van der Waals surface area (Å²) in [4.78, 5) is 22.6. The molecule has 40 heavy (non-hydrogen) atoms. The van der Waals surface area contributed by atoms with Gasteiger partial charge in [-0.05, 0) is 37.1 Å². The van der Waals surface area contributed by atoms with Gasteiger partial charge in [0.15, 0.2) is 5.69 Å². The molecule has 0 saturated heterocycles. The van der Waals surface area contributed by atoms with Crippen LogP contribution in [0.5, 0.6) is 0 Å². The first kappa shape index (κ1) is 29.3. The van der Waals surface area contributed by atoms with Gasteiger partial charge in [-0.25, -0.2) is 18.3 Å². The van der Waals surface area contributed by atoms with Crippen LogP contribution in [0.3, 0.4) is 0 Å². The standard InChI is InChI=1S/C22H14Cl2F7N5O3S/c23-12-6-10(40(27,28,29,30)31)7-13(24)18(12)36-19(17(16(8-32)34-36)22(4-5-22)20(33)37)35(21(38)39)9-11-14(25)2-1-3-15(11)26/h1-3,6-7H,4-5,9H2,(H2,33,37)(H,38,39). The number of primary amides is 1. The average molecular weight is 632 g/mol. The molecule has 1 aliphatic carbocycles. The summed E-state index contributed by atoms with van der Waals surface area (Å²) in [5.74, 6) is -4.19. The van der Waals surface area contributed by atoms with Gasteiger partial charge in [0.05, 0.1) is 22.0 Å². The minimum absolute atomic E-state index is 0.0259. The Morgan fingerprint density at radius 1 is 1.12 bits per heavy atom. The number of benzene rings is 2. The van der Waals surface area contributed by atoms with Crippen molar-refractivity contribution < 1.29 is 42.9 Å². The maximum absolute atomic E-state index is 14.5. The molecule has 214 valence electrons. The number of halogens is 9. The highest BCUT2D eigenvalue weighted by atomic mass is 35.5. The second-order valence-electron chi connectivity index (χ2n) is 8.79. The Labute approximate surface area is 230 Å². The van der Waals surface area contributed by atoms with Crippen molar-refractivity contribution >= 4 is 51.2 Å². The van der Waals surface area contributed by atoms with E-state index in [-0.39, 0.29) is 29.9 Å². The summed E-state index contributed by atoms with van der Waals surface area (Å²) in [6, 6.07) is 3.88. The summed E-state index contributed by atoms with van der Waals surface area (Å²) in [7, 11) is -10.3. The Kier molecular flexibility index (Phi) is 6.34. The van der Waals surface area contributed by atoms with Crippen LogP contribution in [-0.4, -0.2) is 26.9 Å². The normalized spacial score (nSPS) is 16.0. The van der Waals surface area contributed by atoms with Gasteiger partial charge in [-0.3, -0.25) is 9.69 Å². The average Bonchev–Trinajstić information content (AvgIpc) is 3.53. The zero-order chi connectivity index (χ0) is 30.1. The van der Waals surface area contributed by atoms with Crippen molar-refractivity contribution in [1.29, 1.82) is 5.26 Å². The number of carbonyl (C=O) groups excluding carboxylic acids is 1. The molecule has 1 saturated carbocycles. The number of nitrogens with two attached hydrogens (primary N) is 1. The van der Waals surface area contributed by atoms with Gasteiger partial charge in [0, 0.05) is 11.1 Å². The number of rotatable bonds is 7. The molecule has 1 aliphatic rings. The number of hydrogen-bond donors (Lipinski definition) is 2. The Balaban J connectivity index is 2.09. The molecule has 3 N–H and O–H groups in total. The van der Waals surface area contributed by atoms with Crippen molar-refractivity contribution in [1.82, 2.24) is 9.78 Å². The van der Waals surface area contributed by atoms with Crippen LogP contribution in [0.1, 0.15) is 29.7 Å². The van der Waals surface area contributed by atoms with E-state index in [2.05, 4.69) is 5.10 Å². The van der Waals surface area contributed by atoms with Crippen LogP contribution < -0.4 is 10.6 Å². The number of carbonyl (C=O) groups is 2. The molecular formula is C22H14Cl2F7N5O3S. The number of nitrogens with zero attached hydrogens (tertiary/aromatic N) is 4.